The molecule has 20 heavy (non-hydrogen) atoms. The van der Waals surface area contributed by atoms with Gasteiger partial charge in [-0.1, -0.05) is 19.9 Å². The summed E-state index contributed by atoms with van der Waals surface area (Å²) in [6, 6.07) is 6.79. The lowest BCUT2D eigenvalue weighted by Crippen LogP contribution is -2.24. The predicted octanol–water partition coefficient (Wildman–Crippen LogP) is 3.96. The molecular formula is C17H23FN2. The fraction of sp³-hybridized carbons (Fsp3) is 0.588. The van der Waals surface area contributed by atoms with E-state index >= 15 is 0 Å². The second-order valence-corrected chi connectivity index (χ2v) is 6.14. The second-order valence-electron chi connectivity index (χ2n) is 6.14. The lowest BCUT2D eigenvalue weighted by molar-refractivity contribution is 0.264. The van der Waals surface area contributed by atoms with Gasteiger partial charge >= 0.3 is 0 Å². The highest BCUT2D eigenvalue weighted by Gasteiger charge is 2.19. The van der Waals surface area contributed by atoms with Crippen LogP contribution in [0.5, 0.6) is 0 Å². The van der Waals surface area contributed by atoms with E-state index in [0.717, 1.165) is 37.0 Å². The SMILES string of the molecule is CC(C)C1CCCN(Cc2ccc(F)c(C#N)c2)CC1. The minimum absolute atomic E-state index is 0.150. The molecule has 0 aliphatic carbocycles. The van der Waals surface area contributed by atoms with E-state index in [9.17, 15) is 4.39 Å². The van der Waals surface area contributed by atoms with Gasteiger partial charge < -0.3 is 0 Å². The maximum Gasteiger partial charge on any atom is 0.140 e. The average Bonchev–Trinajstić information content (AvgIpc) is 2.66. The molecule has 0 saturated carbocycles. The van der Waals surface area contributed by atoms with Gasteiger partial charge in [0.05, 0.1) is 5.56 Å². The molecular weight excluding hydrogens is 251 g/mol. The summed E-state index contributed by atoms with van der Waals surface area (Å²) in [4.78, 5) is 2.43. The first-order valence-electron chi connectivity index (χ1n) is 7.51. The fourth-order valence-electron chi connectivity index (χ4n) is 3.02. The first kappa shape index (κ1) is 15.0. The highest BCUT2D eigenvalue weighted by Crippen LogP contribution is 2.25. The van der Waals surface area contributed by atoms with E-state index < -0.39 is 5.82 Å². The summed E-state index contributed by atoms with van der Waals surface area (Å²) in [6.45, 7) is 7.63. The second kappa shape index (κ2) is 6.85. The molecule has 0 radical (unpaired) electrons. The zero-order valence-electron chi connectivity index (χ0n) is 12.4. The lowest BCUT2D eigenvalue weighted by atomic mass is 9.89. The maximum absolute atomic E-state index is 13.3. The number of hydrogen-bond acceptors (Lipinski definition) is 2. The van der Waals surface area contributed by atoms with Crippen molar-refractivity contribution in [2.24, 2.45) is 11.8 Å². The monoisotopic (exact) mass is 274 g/mol. The number of benzene rings is 1. The molecule has 3 heteroatoms. The average molecular weight is 274 g/mol. The number of rotatable bonds is 3. The van der Waals surface area contributed by atoms with Gasteiger partial charge in [0, 0.05) is 6.54 Å². The zero-order chi connectivity index (χ0) is 14.5. The summed E-state index contributed by atoms with van der Waals surface area (Å²) >= 11 is 0. The molecule has 1 unspecified atom stereocenters. The van der Waals surface area contributed by atoms with Crippen LogP contribution < -0.4 is 0 Å². The topological polar surface area (TPSA) is 27.0 Å². The lowest BCUT2D eigenvalue weighted by Gasteiger charge is -2.21. The zero-order valence-corrected chi connectivity index (χ0v) is 12.4. The molecule has 108 valence electrons. The third kappa shape index (κ3) is 3.80. The fourth-order valence-corrected chi connectivity index (χ4v) is 3.02. The molecule has 0 aromatic heterocycles. The van der Waals surface area contributed by atoms with Gasteiger partial charge in [-0.25, -0.2) is 4.39 Å². The quantitative estimate of drug-likeness (QED) is 0.834. The van der Waals surface area contributed by atoms with Crippen molar-refractivity contribution in [2.75, 3.05) is 13.1 Å². The summed E-state index contributed by atoms with van der Waals surface area (Å²) in [5, 5.41) is 8.89. The van der Waals surface area contributed by atoms with Crippen LogP contribution in [0.2, 0.25) is 0 Å². The molecule has 1 aromatic carbocycles. The van der Waals surface area contributed by atoms with Crippen LogP contribution >= 0.6 is 0 Å². The minimum atomic E-state index is -0.424. The third-order valence-corrected chi connectivity index (χ3v) is 4.37. The predicted molar refractivity (Wildman–Crippen MR) is 78.6 cm³/mol. The standard InChI is InChI=1S/C17H23FN2/c1-13(2)15-4-3-8-20(9-7-15)12-14-5-6-17(18)16(10-14)11-19/h5-6,10,13,15H,3-4,7-9,12H2,1-2H3. The number of likely N-dealkylation sites (tertiary alicyclic amines) is 1. The van der Waals surface area contributed by atoms with E-state index in [-0.39, 0.29) is 5.56 Å². The Morgan fingerprint density at radius 1 is 1.35 bits per heavy atom. The molecule has 1 atom stereocenters. The Morgan fingerprint density at radius 2 is 2.15 bits per heavy atom. The van der Waals surface area contributed by atoms with E-state index in [1.807, 2.05) is 6.07 Å². The summed E-state index contributed by atoms with van der Waals surface area (Å²) < 4.78 is 13.3. The van der Waals surface area contributed by atoms with Crippen molar-refractivity contribution < 1.29 is 4.39 Å². The van der Waals surface area contributed by atoms with Crippen molar-refractivity contribution in [2.45, 2.75) is 39.7 Å². The maximum atomic E-state index is 13.3. The first-order chi connectivity index (χ1) is 9.60. The van der Waals surface area contributed by atoms with Crippen molar-refractivity contribution in [1.82, 2.24) is 4.90 Å². The van der Waals surface area contributed by atoms with Gasteiger partial charge in [-0.3, -0.25) is 4.90 Å². The van der Waals surface area contributed by atoms with Crippen molar-refractivity contribution >= 4 is 0 Å². The summed E-state index contributed by atoms with van der Waals surface area (Å²) in [5.41, 5.74) is 1.18. The molecule has 0 N–H and O–H groups in total. The highest BCUT2D eigenvalue weighted by molar-refractivity contribution is 5.34. The number of halogens is 1. The summed E-state index contributed by atoms with van der Waals surface area (Å²) in [5.74, 6) is 1.15. The Hall–Kier alpha value is -1.40. The van der Waals surface area contributed by atoms with Gasteiger partial charge in [0.2, 0.25) is 0 Å². The van der Waals surface area contributed by atoms with Crippen LogP contribution in [0.1, 0.15) is 44.2 Å². The van der Waals surface area contributed by atoms with Gasteiger partial charge in [0.25, 0.3) is 0 Å². The Kier molecular flexibility index (Phi) is 5.14. The van der Waals surface area contributed by atoms with Gasteiger partial charge in [-0.05, 0) is 61.9 Å². The normalized spacial score (nSPS) is 20.6. The van der Waals surface area contributed by atoms with Crippen molar-refractivity contribution in [3.8, 4) is 6.07 Å². The van der Waals surface area contributed by atoms with Gasteiger partial charge in [-0.15, -0.1) is 0 Å². The van der Waals surface area contributed by atoms with Crippen LogP contribution in [-0.2, 0) is 6.54 Å². The van der Waals surface area contributed by atoms with Gasteiger partial charge in [0.1, 0.15) is 11.9 Å². The number of nitrogens with zero attached hydrogens (tertiary/aromatic N) is 2. The van der Waals surface area contributed by atoms with E-state index in [4.69, 9.17) is 5.26 Å². The van der Waals surface area contributed by atoms with Crippen molar-refractivity contribution in [3.63, 3.8) is 0 Å². The summed E-state index contributed by atoms with van der Waals surface area (Å²) in [7, 11) is 0. The minimum Gasteiger partial charge on any atom is -0.299 e. The molecule has 0 spiro atoms. The Bertz CT molecular complexity index is 490. The Balaban J connectivity index is 1.98. The van der Waals surface area contributed by atoms with Crippen molar-refractivity contribution in [3.05, 3.63) is 35.1 Å². The molecule has 2 nitrogen and oxygen atoms in total. The van der Waals surface area contributed by atoms with Gasteiger partial charge in [-0.2, -0.15) is 5.26 Å². The van der Waals surface area contributed by atoms with Crippen LogP contribution in [0.3, 0.4) is 0 Å². The molecule has 1 aliphatic rings. The van der Waals surface area contributed by atoms with Crippen LogP contribution in [0.25, 0.3) is 0 Å². The van der Waals surface area contributed by atoms with E-state index in [1.54, 1.807) is 12.1 Å². The summed E-state index contributed by atoms with van der Waals surface area (Å²) in [6.07, 6.45) is 3.78. The van der Waals surface area contributed by atoms with Gasteiger partial charge in [0.15, 0.2) is 0 Å². The largest absolute Gasteiger partial charge is 0.299 e. The van der Waals surface area contributed by atoms with Crippen LogP contribution in [-0.4, -0.2) is 18.0 Å². The van der Waals surface area contributed by atoms with Crippen LogP contribution in [0.15, 0.2) is 18.2 Å². The first-order valence-corrected chi connectivity index (χ1v) is 7.51. The molecule has 1 saturated heterocycles. The Morgan fingerprint density at radius 3 is 2.85 bits per heavy atom. The smallest absolute Gasteiger partial charge is 0.140 e. The molecule has 1 heterocycles. The molecule has 2 rings (SSSR count). The Labute approximate surface area is 121 Å². The third-order valence-electron chi connectivity index (χ3n) is 4.37. The van der Waals surface area contributed by atoms with Crippen LogP contribution in [0, 0.1) is 29.0 Å². The molecule has 1 aliphatic heterocycles. The van der Waals surface area contributed by atoms with Crippen LogP contribution in [0.4, 0.5) is 4.39 Å². The number of nitriles is 1. The number of hydrogen-bond donors (Lipinski definition) is 0. The molecule has 1 aromatic rings. The van der Waals surface area contributed by atoms with E-state index in [1.165, 1.54) is 25.3 Å². The van der Waals surface area contributed by atoms with Crippen molar-refractivity contribution in [1.29, 1.82) is 5.26 Å². The molecule has 0 amide bonds. The van der Waals surface area contributed by atoms with E-state index in [2.05, 4.69) is 18.7 Å². The molecule has 1 fully saturated rings. The molecule has 0 bridgehead atoms. The highest BCUT2D eigenvalue weighted by atomic mass is 19.1. The van der Waals surface area contributed by atoms with E-state index in [0.29, 0.717) is 0 Å².